The Balaban J connectivity index is 1.66. The SMILES string of the molecule is Cc1nn(-c2ccccc2)c(OC(=O)C(C)Oc2ccccc2)c1Sc1ccccc1. The maximum Gasteiger partial charge on any atom is 0.353 e. The summed E-state index contributed by atoms with van der Waals surface area (Å²) in [5, 5.41) is 4.65. The zero-order valence-corrected chi connectivity index (χ0v) is 18.1. The molecule has 0 aliphatic heterocycles. The number of carbonyl (C=O) groups excluding carboxylic acids is 1. The first kappa shape index (κ1) is 20.8. The maximum absolute atomic E-state index is 12.9. The van der Waals surface area contributed by atoms with Crippen LogP contribution >= 0.6 is 11.8 Å². The summed E-state index contributed by atoms with van der Waals surface area (Å²) in [6, 6.07) is 28.8. The molecule has 0 saturated heterocycles. The number of hydrogen-bond acceptors (Lipinski definition) is 5. The molecular formula is C25H22N2O3S. The van der Waals surface area contributed by atoms with Crippen molar-refractivity contribution in [2.75, 3.05) is 0 Å². The van der Waals surface area contributed by atoms with Gasteiger partial charge in [-0.05, 0) is 50.2 Å². The van der Waals surface area contributed by atoms with Gasteiger partial charge in [0.2, 0.25) is 5.88 Å². The molecule has 0 aliphatic rings. The Hall–Kier alpha value is -3.51. The zero-order chi connectivity index (χ0) is 21.6. The van der Waals surface area contributed by atoms with Crippen molar-refractivity contribution >= 4 is 17.7 Å². The summed E-state index contributed by atoms with van der Waals surface area (Å²) in [4.78, 5) is 14.7. The van der Waals surface area contributed by atoms with Gasteiger partial charge in [-0.2, -0.15) is 9.78 Å². The normalized spacial score (nSPS) is 11.7. The quantitative estimate of drug-likeness (QED) is 0.352. The molecule has 0 N–H and O–H groups in total. The molecule has 156 valence electrons. The van der Waals surface area contributed by atoms with Crippen LogP contribution in [0.5, 0.6) is 11.6 Å². The first-order valence-corrected chi connectivity index (χ1v) is 10.7. The third-order valence-corrected chi connectivity index (χ3v) is 5.70. The van der Waals surface area contributed by atoms with Gasteiger partial charge in [0, 0.05) is 4.90 Å². The molecule has 4 aromatic rings. The van der Waals surface area contributed by atoms with E-state index < -0.39 is 12.1 Å². The number of hydrogen-bond donors (Lipinski definition) is 0. The highest BCUT2D eigenvalue weighted by Crippen LogP contribution is 2.39. The second-order valence-electron chi connectivity index (χ2n) is 6.88. The number of ether oxygens (including phenoxy) is 2. The number of aromatic nitrogens is 2. The fourth-order valence-electron chi connectivity index (χ4n) is 2.98. The highest BCUT2D eigenvalue weighted by molar-refractivity contribution is 7.99. The van der Waals surface area contributed by atoms with Gasteiger partial charge < -0.3 is 9.47 Å². The lowest BCUT2D eigenvalue weighted by molar-refractivity contribution is -0.142. The number of esters is 1. The van der Waals surface area contributed by atoms with Gasteiger partial charge in [-0.3, -0.25) is 0 Å². The van der Waals surface area contributed by atoms with E-state index >= 15 is 0 Å². The van der Waals surface area contributed by atoms with E-state index in [1.807, 2.05) is 85.8 Å². The molecule has 0 fully saturated rings. The molecule has 4 rings (SSSR count). The summed E-state index contributed by atoms with van der Waals surface area (Å²) in [5.41, 5.74) is 1.59. The van der Waals surface area contributed by atoms with E-state index in [-0.39, 0.29) is 0 Å². The Bertz CT molecular complexity index is 1150. The van der Waals surface area contributed by atoms with Crippen LogP contribution in [0.25, 0.3) is 5.69 Å². The van der Waals surface area contributed by atoms with Crippen LogP contribution in [-0.4, -0.2) is 21.9 Å². The Morgan fingerprint density at radius 3 is 2.13 bits per heavy atom. The van der Waals surface area contributed by atoms with Crippen LogP contribution in [-0.2, 0) is 4.79 Å². The zero-order valence-electron chi connectivity index (χ0n) is 17.3. The Labute approximate surface area is 185 Å². The van der Waals surface area contributed by atoms with Crippen LogP contribution < -0.4 is 9.47 Å². The lowest BCUT2D eigenvalue weighted by Crippen LogP contribution is -2.29. The van der Waals surface area contributed by atoms with Crippen LogP contribution in [0, 0.1) is 6.92 Å². The van der Waals surface area contributed by atoms with Crippen molar-refractivity contribution < 1.29 is 14.3 Å². The van der Waals surface area contributed by atoms with Crippen LogP contribution in [0.3, 0.4) is 0 Å². The number of benzene rings is 3. The average molecular weight is 431 g/mol. The van der Waals surface area contributed by atoms with Crippen LogP contribution in [0.15, 0.2) is 101 Å². The first-order chi connectivity index (χ1) is 15.1. The van der Waals surface area contributed by atoms with Crippen molar-refractivity contribution in [2.45, 2.75) is 29.7 Å². The average Bonchev–Trinajstić information content (AvgIpc) is 3.11. The predicted molar refractivity (Wildman–Crippen MR) is 121 cm³/mol. The molecule has 1 unspecified atom stereocenters. The minimum absolute atomic E-state index is 0.381. The number of rotatable bonds is 7. The van der Waals surface area contributed by atoms with E-state index in [1.54, 1.807) is 23.7 Å². The van der Waals surface area contributed by atoms with Gasteiger partial charge in [0.25, 0.3) is 0 Å². The molecular weight excluding hydrogens is 408 g/mol. The summed E-state index contributed by atoms with van der Waals surface area (Å²) in [6.45, 7) is 3.58. The monoisotopic (exact) mass is 430 g/mol. The van der Waals surface area contributed by atoms with E-state index in [9.17, 15) is 4.79 Å². The molecule has 0 bridgehead atoms. The van der Waals surface area contributed by atoms with Crippen LogP contribution in [0.2, 0.25) is 0 Å². The van der Waals surface area contributed by atoms with Crippen molar-refractivity contribution in [3.8, 4) is 17.3 Å². The molecule has 1 aromatic heterocycles. The second-order valence-corrected chi connectivity index (χ2v) is 7.96. The van der Waals surface area contributed by atoms with E-state index in [1.165, 1.54) is 11.8 Å². The van der Waals surface area contributed by atoms with E-state index in [4.69, 9.17) is 9.47 Å². The fraction of sp³-hybridized carbons (Fsp3) is 0.120. The number of para-hydroxylation sites is 2. The van der Waals surface area contributed by atoms with Crippen molar-refractivity contribution in [2.24, 2.45) is 0 Å². The Morgan fingerprint density at radius 2 is 1.48 bits per heavy atom. The lowest BCUT2D eigenvalue weighted by Gasteiger charge is -2.15. The van der Waals surface area contributed by atoms with Gasteiger partial charge in [-0.1, -0.05) is 66.4 Å². The third-order valence-electron chi connectivity index (χ3n) is 4.51. The Kier molecular flexibility index (Phi) is 6.38. The second kappa shape index (κ2) is 9.53. The smallest absolute Gasteiger partial charge is 0.353 e. The first-order valence-electron chi connectivity index (χ1n) is 9.93. The lowest BCUT2D eigenvalue weighted by atomic mass is 10.3. The molecule has 6 heteroatoms. The molecule has 0 aliphatic carbocycles. The van der Waals surface area contributed by atoms with Crippen LogP contribution in [0.4, 0.5) is 0 Å². The minimum atomic E-state index is -0.781. The maximum atomic E-state index is 12.9. The van der Waals surface area contributed by atoms with Gasteiger partial charge in [0.05, 0.1) is 16.3 Å². The van der Waals surface area contributed by atoms with E-state index in [2.05, 4.69) is 5.10 Å². The molecule has 0 amide bonds. The summed E-state index contributed by atoms with van der Waals surface area (Å²) >= 11 is 1.51. The number of carbonyl (C=O) groups is 1. The molecule has 3 aromatic carbocycles. The van der Waals surface area contributed by atoms with Crippen LogP contribution in [0.1, 0.15) is 12.6 Å². The van der Waals surface area contributed by atoms with Crippen molar-refractivity contribution in [3.05, 3.63) is 96.7 Å². The largest absolute Gasteiger partial charge is 0.479 e. The van der Waals surface area contributed by atoms with Gasteiger partial charge >= 0.3 is 5.97 Å². The summed E-state index contributed by atoms with van der Waals surface area (Å²) in [6.07, 6.45) is -0.781. The minimum Gasteiger partial charge on any atom is -0.479 e. The number of aryl methyl sites for hydroxylation is 1. The summed E-state index contributed by atoms with van der Waals surface area (Å²) < 4.78 is 13.3. The molecule has 0 radical (unpaired) electrons. The predicted octanol–water partition coefficient (Wildman–Crippen LogP) is 5.70. The van der Waals surface area contributed by atoms with Gasteiger partial charge in [0.1, 0.15) is 5.75 Å². The third kappa shape index (κ3) is 4.98. The molecule has 0 saturated carbocycles. The van der Waals surface area contributed by atoms with Crippen molar-refractivity contribution in [1.29, 1.82) is 0 Å². The summed E-state index contributed by atoms with van der Waals surface area (Å²) in [7, 11) is 0. The highest BCUT2D eigenvalue weighted by atomic mass is 32.2. The molecule has 31 heavy (non-hydrogen) atoms. The van der Waals surface area contributed by atoms with Crippen molar-refractivity contribution in [3.63, 3.8) is 0 Å². The molecule has 0 spiro atoms. The van der Waals surface area contributed by atoms with E-state index in [0.717, 1.165) is 21.2 Å². The topological polar surface area (TPSA) is 53.4 Å². The standard InChI is InChI=1S/C25H22N2O3S/c1-18-23(31-22-16-10-5-11-17-22)24(27(26-18)20-12-6-3-7-13-20)30-25(28)19(2)29-21-14-8-4-9-15-21/h3-17,19H,1-2H3. The van der Waals surface area contributed by atoms with Gasteiger partial charge in [0.15, 0.2) is 6.10 Å². The van der Waals surface area contributed by atoms with Gasteiger partial charge in [-0.25, -0.2) is 4.79 Å². The highest BCUT2D eigenvalue weighted by Gasteiger charge is 2.25. The molecule has 5 nitrogen and oxygen atoms in total. The fourth-order valence-corrected chi connectivity index (χ4v) is 3.91. The number of nitrogens with zero attached hydrogens (tertiary/aromatic N) is 2. The molecule has 1 heterocycles. The van der Waals surface area contributed by atoms with Crippen molar-refractivity contribution in [1.82, 2.24) is 9.78 Å². The Morgan fingerprint density at radius 1 is 0.903 bits per heavy atom. The molecule has 1 atom stereocenters. The van der Waals surface area contributed by atoms with E-state index in [0.29, 0.717) is 11.6 Å². The van der Waals surface area contributed by atoms with Gasteiger partial charge in [-0.15, -0.1) is 0 Å². The summed E-state index contributed by atoms with van der Waals surface area (Å²) in [5.74, 6) is 0.500.